The molecule has 0 radical (unpaired) electrons. The summed E-state index contributed by atoms with van der Waals surface area (Å²) in [5.41, 5.74) is 0.291. The summed E-state index contributed by atoms with van der Waals surface area (Å²) in [7, 11) is 0. The highest BCUT2D eigenvalue weighted by atomic mass is 16.3. The predicted molar refractivity (Wildman–Crippen MR) is 73.5 cm³/mol. The first-order valence-electron chi connectivity index (χ1n) is 6.59. The quantitative estimate of drug-likeness (QED) is 0.840. The molecule has 0 aliphatic rings. The fourth-order valence-corrected chi connectivity index (χ4v) is 1.80. The lowest BCUT2D eigenvalue weighted by molar-refractivity contribution is 0.326. The molecule has 1 rings (SSSR count). The lowest BCUT2D eigenvalue weighted by atomic mass is 9.86. The third-order valence-corrected chi connectivity index (χ3v) is 3.08. The molecule has 1 heterocycles. The molecule has 0 saturated carbocycles. The van der Waals surface area contributed by atoms with Crippen LogP contribution in [0.5, 0.6) is 0 Å². The molecule has 1 aromatic rings. The molecule has 0 fully saturated rings. The molecule has 0 bridgehead atoms. The van der Waals surface area contributed by atoms with E-state index in [-0.39, 0.29) is 11.0 Å². The lowest BCUT2D eigenvalue weighted by Crippen LogP contribution is -2.38. The van der Waals surface area contributed by atoms with E-state index in [9.17, 15) is 0 Å². The van der Waals surface area contributed by atoms with Crippen molar-refractivity contribution in [3.63, 3.8) is 0 Å². The fourth-order valence-electron chi connectivity index (χ4n) is 1.80. The average Bonchev–Trinajstić information content (AvgIpc) is 2.63. The largest absolute Gasteiger partial charge is 0.466 e. The molecule has 0 atom stereocenters. The SMILES string of the molecule is CCc1ccc(C(C)(C)CCNC(C)(C)C)o1. The first kappa shape index (κ1) is 14.3. The van der Waals surface area contributed by atoms with Crippen LogP contribution >= 0.6 is 0 Å². The maximum atomic E-state index is 5.85. The van der Waals surface area contributed by atoms with Crippen LogP contribution in [-0.4, -0.2) is 12.1 Å². The molecular formula is C15H27NO. The monoisotopic (exact) mass is 237 g/mol. The van der Waals surface area contributed by atoms with Crippen molar-refractivity contribution in [1.82, 2.24) is 5.32 Å². The molecule has 0 spiro atoms. The van der Waals surface area contributed by atoms with E-state index in [1.54, 1.807) is 0 Å². The van der Waals surface area contributed by atoms with Gasteiger partial charge in [0.2, 0.25) is 0 Å². The zero-order valence-corrected chi connectivity index (χ0v) is 12.2. The zero-order valence-electron chi connectivity index (χ0n) is 12.2. The summed E-state index contributed by atoms with van der Waals surface area (Å²) in [4.78, 5) is 0. The zero-order chi connectivity index (χ0) is 13.1. The van der Waals surface area contributed by atoms with Gasteiger partial charge >= 0.3 is 0 Å². The van der Waals surface area contributed by atoms with Gasteiger partial charge in [0.15, 0.2) is 0 Å². The first-order chi connectivity index (χ1) is 7.74. The van der Waals surface area contributed by atoms with Crippen LogP contribution < -0.4 is 5.32 Å². The van der Waals surface area contributed by atoms with E-state index in [0.29, 0.717) is 0 Å². The Labute approximate surface area is 106 Å². The maximum Gasteiger partial charge on any atom is 0.109 e. The Bertz CT molecular complexity index is 344. The van der Waals surface area contributed by atoms with Gasteiger partial charge in [-0.3, -0.25) is 0 Å². The van der Waals surface area contributed by atoms with E-state index in [0.717, 1.165) is 30.9 Å². The van der Waals surface area contributed by atoms with E-state index in [1.165, 1.54) is 0 Å². The van der Waals surface area contributed by atoms with Gasteiger partial charge in [0.05, 0.1) is 0 Å². The van der Waals surface area contributed by atoms with Crippen molar-refractivity contribution in [2.75, 3.05) is 6.54 Å². The highest BCUT2D eigenvalue weighted by Gasteiger charge is 2.24. The molecule has 17 heavy (non-hydrogen) atoms. The van der Waals surface area contributed by atoms with Gasteiger partial charge in [-0.2, -0.15) is 0 Å². The third kappa shape index (κ3) is 4.55. The van der Waals surface area contributed by atoms with Gasteiger partial charge in [-0.05, 0) is 45.9 Å². The van der Waals surface area contributed by atoms with Crippen molar-refractivity contribution in [3.05, 3.63) is 23.7 Å². The van der Waals surface area contributed by atoms with Gasteiger partial charge in [0.1, 0.15) is 11.5 Å². The third-order valence-electron chi connectivity index (χ3n) is 3.08. The molecule has 0 aliphatic carbocycles. The first-order valence-corrected chi connectivity index (χ1v) is 6.59. The van der Waals surface area contributed by atoms with Gasteiger partial charge in [0, 0.05) is 17.4 Å². The number of hydrogen-bond donors (Lipinski definition) is 1. The second-order valence-corrected chi connectivity index (χ2v) is 6.43. The maximum absolute atomic E-state index is 5.85. The molecule has 1 N–H and O–H groups in total. The standard InChI is InChI=1S/C15H27NO/c1-7-12-8-9-13(17-12)15(5,6)10-11-16-14(2,3)4/h8-9,16H,7,10-11H2,1-6H3. The normalized spacial score (nSPS) is 13.1. The van der Waals surface area contributed by atoms with Crippen LogP contribution in [0.15, 0.2) is 16.5 Å². The van der Waals surface area contributed by atoms with Gasteiger partial charge in [0.25, 0.3) is 0 Å². The van der Waals surface area contributed by atoms with Crippen LogP contribution in [-0.2, 0) is 11.8 Å². The van der Waals surface area contributed by atoms with Crippen LogP contribution in [0.3, 0.4) is 0 Å². The van der Waals surface area contributed by atoms with Crippen molar-refractivity contribution in [1.29, 1.82) is 0 Å². The molecule has 0 unspecified atom stereocenters. The van der Waals surface area contributed by atoms with E-state index in [1.807, 2.05) is 0 Å². The summed E-state index contributed by atoms with van der Waals surface area (Å²) >= 11 is 0. The van der Waals surface area contributed by atoms with Crippen LogP contribution in [0.4, 0.5) is 0 Å². The highest BCUT2D eigenvalue weighted by Crippen LogP contribution is 2.28. The van der Waals surface area contributed by atoms with E-state index in [4.69, 9.17) is 4.42 Å². The molecule has 0 saturated heterocycles. The summed E-state index contributed by atoms with van der Waals surface area (Å²) in [6, 6.07) is 4.21. The highest BCUT2D eigenvalue weighted by molar-refractivity contribution is 5.15. The van der Waals surface area contributed by atoms with Gasteiger partial charge < -0.3 is 9.73 Å². The van der Waals surface area contributed by atoms with Crippen molar-refractivity contribution in [3.8, 4) is 0 Å². The Morgan fingerprint density at radius 3 is 2.24 bits per heavy atom. The summed E-state index contributed by atoms with van der Waals surface area (Å²) in [5.74, 6) is 2.18. The van der Waals surface area contributed by atoms with E-state index >= 15 is 0 Å². The van der Waals surface area contributed by atoms with Crippen molar-refractivity contribution in [2.24, 2.45) is 0 Å². The van der Waals surface area contributed by atoms with Gasteiger partial charge in [-0.25, -0.2) is 0 Å². The van der Waals surface area contributed by atoms with E-state index in [2.05, 4.69) is 59.0 Å². The minimum Gasteiger partial charge on any atom is -0.466 e. The van der Waals surface area contributed by atoms with Crippen LogP contribution in [0.2, 0.25) is 0 Å². The summed E-state index contributed by atoms with van der Waals surface area (Å²) in [5, 5.41) is 3.53. The molecule has 0 aliphatic heterocycles. The minimum atomic E-state index is 0.103. The second kappa shape index (κ2) is 5.26. The Kier molecular flexibility index (Phi) is 4.42. The van der Waals surface area contributed by atoms with Crippen molar-refractivity contribution >= 4 is 0 Å². The average molecular weight is 237 g/mol. The molecule has 0 aromatic carbocycles. The van der Waals surface area contributed by atoms with Crippen LogP contribution in [0.1, 0.15) is 59.5 Å². The summed E-state index contributed by atoms with van der Waals surface area (Å²) in [6.07, 6.45) is 2.05. The molecule has 98 valence electrons. The number of hydrogen-bond acceptors (Lipinski definition) is 2. The number of aryl methyl sites for hydroxylation is 1. The number of furan rings is 1. The fraction of sp³-hybridized carbons (Fsp3) is 0.733. The number of nitrogens with one attached hydrogen (secondary N) is 1. The molecule has 2 heteroatoms. The van der Waals surface area contributed by atoms with Crippen LogP contribution in [0.25, 0.3) is 0 Å². The topological polar surface area (TPSA) is 25.2 Å². The van der Waals surface area contributed by atoms with Gasteiger partial charge in [-0.1, -0.05) is 20.8 Å². The Hall–Kier alpha value is -0.760. The van der Waals surface area contributed by atoms with Gasteiger partial charge in [-0.15, -0.1) is 0 Å². The smallest absolute Gasteiger partial charge is 0.109 e. The molecule has 1 aromatic heterocycles. The predicted octanol–water partition coefficient (Wildman–Crippen LogP) is 3.90. The number of rotatable bonds is 5. The molecular weight excluding hydrogens is 210 g/mol. The van der Waals surface area contributed by atoms with Crippen molar-refractivity contribution in [2.45, 2.75) is 65.3 Å². The van der Waals surface area contributed by atoms with E-state index < -0.39 is 0 Å². The Morgan fingerprint density at radius 1 is 1.12 bits per heavy atom. The summed E-state index contributed by atoms with van der Waals surface area (Å²) < 4.78 is 5.85. The Morgan fingerprint density at radius 2 is 1.76 bits per heavy atom. The second-order valence-electron chi connectivity index (χ2n) is 6.43. The van der Waals surface area contributed by atoms with Crippen LogP contribution in [0, 0.1) is 0 Å². The summed E-state index contributed by atoms with van der Waals surface area (Å²) in [6.45, 7) is 14.2. The molecule has 0 amide bonds. The lowest BCUT2D eigenvalue weighted by Gasteiger charge is -2.26. The molecule has 2 nitrogen and oxygen atoms in total. The Balaban J connectivity index is 2.56. The minimum absolute atomic E-state index is 0.103. The van der Waals surface area contributed by atoms with Crippen molar-refractivity contribution < 1.29 is 4.42 Å².